The molecule has 0 spiro atoms. The molecule has 7 heteroatoms. The van der Waals surface area contributed by atoms with Crippen LogP contribution in [0.1, 0.15) is 30.0 Å². The van der Waals surface area contributed by atoms with Gasteiger partial charge < -0.3 is 19.7 Å². The summed E-state index contributed by atoms with van der Waals surface area (Å²) in [5, 5.41) is 12.9. The highest BCUT2D eigenvalue weighted by Crippen LogP contribution is 2.22. The van der Waals surface area contributed by atoms with E-state index >= 15 is 0 Å². The van der Waals surface area contributed by atoms with E-state index in [-0.39, 0.29) is 24.1 Å². The van der Waals surface area contributed by atoms with Gasteiger partial charge >= 0.3 is 5.76 Å². The number of nitrogens with one attached hydrogen (secondary N) is 2. The number of oxazole rings is 1. The number of fused-ring (bicyclic) bond motifs is 1. The lowest BCUT2D eigenvalue weighted by Gasteiger charge is -2.25. The molecule has 0 saturated carbocycles. The number of amides is 1. The Hall–Kier alpha value is -3.06. The van der Waals surface area contributed by atoms with Crippen LogP contribution in [0.3, 0.4) is 0 Å². The van der Waals surface area contributed by atoms with Crippen molar-refractivity contribution >= 4 is 17.0 Å². The number of nitrogens with zero attached hydrogens (tertiary/aromatic N) is 1. The molecule has 4 rings (SSSR count). The van der Waals surface area contributed by atoms with E-state index in [2.05, 4.69) is 15.2 Å². The number of carbonyl (C=O) groups excluding carboxylic acids is 1. The van der Waals surface area contributed by atoms with E-state index < -0.39 is 5.76 Å². The van der Waals surface area contributed by atoms with Gasteiger partial charge in [0.1, 0.15) is 5.75 Å². The second-order valence-corrected chi connectivity index (χ2v) is 7.24. The third kappa shape index (κ3) is 4.26. The Bertz CT molecular complexity index is 1030. The number of aromatic amines is 1. The van der Waals surface area contributed by atoms with E-state index in [0.717, 1.165) is 24.2 Å². The SMILES string of the molecule is O=C(Cc1ccc2oc(=O)[nH]c2c1)N[C@H](CN1CCCC1)c1cccc(O)c1. The van der Waals surface area contributed by atoms with Gasteiger partial charge in [0.15, 0.2) is 5.58 Å². The van der Waals surface area contributed by atoms with Crippen LogP contribution in [0.25, 0.3) is 11.1 Å². The molecule has 2 aromatic carbocycles. The van der Waals surface area contributed by atoms with Crippen molar-refractivity contribution < 1.29 is 14.3 Å². The molecule has 0 unspecified atom stereocenters. The van der Waals surface area contributed by atoms with Crippen molar-refractivity contribution in [3.8, 4) is 5.75 Å². The van der Waals surface area contributed by atoms with Crippen molar-refractivity contribution in [2.24, 2.45) is 0 Å². The first-order chi connectivity index (χ1) is 13.6. The van der Waals surface area contributed by atoms with Crippen LogP contribution in [0.4, 0.5) is 0 Å². The Morgan fingerprint density at radius 3 is 2.82 bits per heavy atom. The minimum Gasteiger partial charge on any atom is -0.508 e. The van der Waals surface area contributed by atoms with Crippen LogP contribution in [-0.2, 0) is 11.2 Å². The summed E-state index contributed by atoms with van der Waals surface area (Å²) in [6, 6.07) is 12.1. The fraction of sp³-hybridized carbons (Fsp3) is 0.333. The van der Waals surface area contributed by atoms with Gasteiger partial charge in [-0.05, 0) is 61.3 Å². The van der Waals surface area contributed by atoms with Crippen molar-refractivity contribution in [1.82, 2.24) is 15.2 Å². The van der Waals surface area contributed by atoms with Gasteiger partial charge in [-0.3, -0.25) is 9.78 Å². The average molecular weight is 381 g/mol. The Morgan fingerprint density at radius 1 is 1.21 bits per heavy atom. The third-order valence-corrected chi connectivity index (χ3v) is 5.10. The van der Waals surface area contributed by atoms with E-state index in [9.17, 15) is 14.7 Å². The first kappa shape index (κ1) is 18.3. The summed E-state index contributed by atoms with van der Waals surface area (Å²) in [6.07, 6.45) is 2.53. The van der Waals surface area contributed by atoms with Gasteiger partial charge in [-0.2, -0.15) is 0 Å². The van der Waals surface area contributed by atoms with E-state index in [1.165, 1.54) is 12.8 Å². The lowest BCUT2D eigenvalue weighted by Crippen LogP contribution is -2.37. The number of phenolic OH excluding ortho intramolecular Hbond substituents is 1. The molecule has 0 aliphatic carbocycles. The molecule has 1 aliphatic rings. The summed E-state index contributed by atoms with van der Waals surface area (Å²) in [7, 11) is 0. The number of hydrogen-bond donors (Lipinski definition) is 3. The molecule has 1 amide bonds. The summed E-state index contributed by atoms with van der Waals surface area (Å²) >= 11 is 0. The second-order valence-electron chi connectivity index (χ2n) is 7.24. The van der Waals surface area contributed by atoms with Crippen LogP contribution in [0, 0.1) is 0 Å². The van der Waals surface area contributed by atoms with Gasteiger partial charge in [-0.15, -0.1) is 0 Å². The molecular formula is C21H23N3O4. The highest BCUT2D eigenvalue weighted by atomic mass is 16.4. The Labute approximate surface area is 162 Å². The predicted molar refractivity (Wildman–Crippen MR) is 105 cm³/mol. The maximum absolute atomic E-state index is 12.7. The first-order valence-corrected chi connectivity index (χ1v) is 9.49. The van der Waals surface area contributed by atoms with Gasteiger partial charge in [-0.25, -0.2) is 4.79 Å². The van der Waals surface area contributed by atoms with Gasteiger partial charge in [0.2, 0.25) is 5.91 Å². The van der Waals surface area contributed by atoms with Crippen molar-refractivity contribution in [3.63, 3.8) is 0 Å². The third-order valence-electron chi connectivity index (χ3n) is 5.10. The van der Waals surface area contributed by atoms with Crippen LogP contribution < -0.4 is 11.1 Å². The largest absolute Gasteiger partial charge is 0.508 e. The van der Waals surface area contributed by atoms with Crippen LogP contribution in [0.15, 0.2) is 51.7 Å². The number of aromatic nitrogens is 1. The number of H-pyrrole nitrogens is 1. The molecule has 0 radical (unpaired) electrons. The summed E-state index contributed by atoms with van der Waals surface area (Å²) < 4.78 is 4.99. The van der Waals surface area contributed by atoms with Crippen molar-refractivity contribution in [3.05, 3.63) is 64.1 Å². The fourth-order valence-electron chi connectivity index (χ4n) is 3.74. The van der Waals surface area contributed by atoms with Gasteiger partial charge in [0.25, 0.3) is 0 Å². The predicted octanol–water partition coefficient (Wildman–Crippen LogP) is 2.32. The van der Waals surface area contributed by atoms with Crippen LogP contribution in [-0.4, -0.2) is 40.5 Å². The molecule has 3 N–H and O–H groups in total. The highest BCUT2D eigenvalue weighted by Gasteiger charge is 2.21. The molecular weight excluding hydrogens is 358 g/mol. The Balaban J connectivity index is 1.49. The van der Waals surface area contributed by atoms with Gasteiger partial charge in [0, 0.05) is 6.54 Å². The number of hydrogen-bond acceptors (Lipinski definition) is 5. The number of phenols is 1. The van der Waals surface area contributed by atoms with E-state index in [1.807, 2.05) is 6.07 Å². The minimum absolute atomic E-state index is 0.113. The number of rotatable bonds is 6. The van der Waals surface area contributed by atoms with Gasteiger partial charge in [0.05, 0.1) is 18.0 Å². The zero-order valence-electron chi connectivity index (χ0n) is 15.5. The normalized spacial score (nSPS) is 15.7. The molecule has 1 atom stereocenters. The maximum Gasteiger partial charge on any atom is 0.417 e. The molecule has 1 fully saturated rings. The molecule has 3 aromatic rings. The lowest BCUT2D eigenvalue weighted by molar-refractivity contribution is -0.121. The maximum atomic E-state index is 12.7. The van der Waals surface area contributed by atoms with Crippen molar-refractivity contribution in [2.45, 2.75) is 25.3 Å². The molecule has 0 bridgehead atoms. The summed E-state index contributed by atoms with van der Waals surface area (Å²) in [5.74, 6) is -0.434. The molecule has 1 aliphatic heterocycles. The second kappa shape index (κ2) is 7.90. The topological polar surface area (TPSA) is 98.6 Å². The van der Waals surface area contributed by atoms with Crippen LogP contribution >= 0.6 is 0 Å². The summed E-state index contributed by atoms with van der Waals surface area (Å²) in [5.41, 5.74) is 2.73. The molecule has 7 nitrogen and oxygen atoms in total. The Kier molecular flexibility index (Phi) is 5.16. The molecule has 2 heterocycles. The average Bonchev–Trinajstić information content (AvgIpc) is 3.29. The lowest BCUT2D eigenvalue weighted by atomic mass is 10.0. The Morgan fingerprint density at radius 2 is 2.04 bits per heavy atom. The first-order valence-electron chi connectivity index (χ1n) is 9.49. The van der Waals surface area contributed by atoms with E-state index in [0.29, 0.717) is 17.6 Å². The van der Waals surface area contributed by atoms with Gasteiger partial charge in [-0.1, -0.05) is 18.2 Å². The number of carbonyl (C=O) groups is 1. The minimum atomic E-state index is -0.508. The highest BCUT2D eigenvalue weighted by molar-refractivity contribution is 5.81. The monoisotopic (exact) mass is 381 g/mol. The molecule has 146 valence electrons. The van der Waals surface area contributed by atoms with Crippen molar-refractivity contribution in [1.29, 1.82) is 0 Å². The van der Waals surface area contributed by atoms with Crippen LogP contribution in [0.5, 0.6) is 5.75 Å². The smallest absolute Gasteiger partial charge is 0.417 e. The summed E-state index contributed by atoms with van der Waals surface area (Å²) in [4.78, 5) is 28.9. The zero-order chi connectivity index (χ0) is 19.5. The molecule has 28 heavy (non-hydrogen) atoms. The zero-order valence-corrected chi connectivity index (χ0v) is 15.5. The van der Waals surface area contributed by atoms with Crippen molar-refractivity contribution in [2.75, 3.05) is 19.6 Å². The molecule has 1 aromatic heterocycles. The fourth-order valence-corrected chi connectivity index (χ4v) is 3.74. The van der Waals surface area contributed by atoms with Crippen LogP contribution in [0.2, 0.25) is 0 Å². The number of aromatic hydroxyl groups is 1. The number of benzene rings is 2. The van der Waals surface area contributed by atoms with E-state index in [1.54, 1.807) is 36.4 Å². The standard InChI is InChI=1S/C21H23N3O4/c25-16-5-3-4-15(12-16)18(13-24-8-1-2-9-24)22-20(26)11-14-6-7-19-17(10-14)23-21(27)28-19/h3-7,10,12,18,25H,1-2,8-9,11,13H2,(H,22,26)(H,23,27)/t18-/m1/s1. The summed E-state index contributed by atoms with van der Waals surface area (Å²) in [6.45, 7) is 2.76. The molecule has 1 saturated heterocycles. The number of likely N-dealkylation sites (tertiary alicyclic amines) is 1. The van der Waals surface area contributed by atoms with E-state index in [4.69, 9.17) is 4.42 Å². The quantitative estimate of drug-likeness (QED) is 0.609.